The van der Waals surface area contributed by atoms with E-state index in [9.17, 15) is 4.79 Å². The van der Waals surface area contributed by atoms with Gasteiger partial charge in [-0.1, -0.05) is 6.42 Å². The maximum Gasteiger partial charge on any atom is 0.323 e. The molecular weight excluding hydrogens is 318 g/mol. The maximum absolute atomic E-state index is 12.6. The zero-order chi connectivity index (χ0) is 17.6. The van der Waals surface area contributed by atoms with Gasteiger partial charge in [0.2, 0.25) is 0 Å². The van der Waals surface area contributed by atoms with Crippen LogP contribution in [-0.4, -0.2) is 72.1 Å². The molecule has 0 bridgehead atoms. The van der Waals surface area contributed by atoms with Crippen molar-refractivity contribution >= 4 is 11.8 Å². The van der Waals surface area contributed by atoms with Gasteiger partial charge < -0.3 is 14.5 Å². The van der Waals surface area contributed by atoms with E-state index >= 15 is 0 Å². The highest BCUT2D eigenvalue weighted by Crippen LogP contribution is 2.21. The molecule has 3 heterocycles. The number of urea groups is 1. The average Bonchev–Trinajstić information content (AvgIpc) is 3.21. The first kappa shape index (κ1) is 18.2. The van der Waals surface area contributed by atoms with E-state index in [-0.39, 0.29) is 6.03 Å². The first-order chi connectivity index (χ1) is 12.2. The molecule has 0 saturated carbocycles. The number of piperidine rings is 1. The molecule has 140 valence electrons. The van der Waals surface area contributed by atoms with E-state index in [1.165, 1.54) is 32.4 Å². The van der Waals surface area contributed by atoms with Gasteiger partial charge >= 0.3 is 6.03 Å². The molecule has 1 aromatic rings. The van der Waals surface area contributed by atoms with Gasteiger partial charge in [-0.3, -0.25) is 10.00 Å². The zero-order valence-electron chi connectivity index (χ0n) is 15.5. The van der Waals surface area contributed by atoms with Gasteiger partial charge in [0.1, 0.15) is 5.82 Å². The van der Waals surface area contributed by atoms with Crippen molar-refractivity contribution in [1.82, 2.24) is 19.6 Å². The topological polar surface area (TPSA) is 62.6 Å². The number of amides is 2. The summed E-state index contributed by atoms with van der Waals surface area (Å²) in [5, 5.41) is 7.42. The summed E-state index contributed by atoms with van der Waals surface area (Å²) in [6, 6.07) is 1.92. The van der Waals surface area contributed by atoms with E-state index in [1.807, 2.05) is 18.0 Å². The Morgan fingerprint density at radius 2 is 2.12 bits per heavy atom. The lowest BCUT2D eigenvalue weighted by Gasteiger charge is -2.29. The number of ether oxygens (including phenoxy) is 1. The zero-order valence-corrected chi connectivity index (χ0v) is 15.5. The molecule has 2 saturated heterocycles. The van der Waals surface area contributed by atoms with Crippen LogP contribution in [0.2, 0.25) is 0 Å². The second-order valence-corrected chi connectivity index (χ2v) is 7.28. The van der Waals surface area contributed by atoms with Crippen molar-refractivity contribution in [3.05, 3.63) is 11.8 Å². The molecule has 2 fully saturated rings. The fourth-order valence-electron chi connectivity index (χ4n) is 3.83. The monoisotopic (exact) mass is 349 g/mol. The van der Waals surface area contributed by atoms with E-state index in [0.717, 1.165) is 44.0 Å². The standard InChI is InChI=1S/C18H31N5O2/c1-21-17(12-16(20-21)7-11-25-2)19-18(24)23-10-6-15(14-23)13-22-8-4-3-5-9-22/h12,15H,3-11,13-14H2,1-2H3,(H,19,24)/t15-/m0/s1. The predicted octanol–water partition coefficient (Wildman–Crippen LogP) is 1.95. The van der Waals surface area contributed by atoms with Crippen molar-refractivity contribution in [3.8, 4) is 0 Å². The number of hydrogen-bond acceptors (Lipinski definition) is 4. The highest BCUT2D eigenvalue weighted by Gasteiger charge is 2.28. The Hall–Kier alpha value is -1.60. The van der Waals surface area contributed by atoms with Crippen LogP contribution in [0.4, 0.5) is 10.6 Å². The normalized spacial score (nSPS) is 21.7. The smallest absolute Gasteiger partial charge is 0.323 e. The minimum Gasteiger partial charge on any atom is -0.384 e. The summed E-state index contributed by atoms with van der Waals surface area (Å²) in [5.74, 6) is 1.35. The molecular formula is C18H31N5O2. The Morgan fingerprint density at radius 3 is 2.88 bits per heavy atom. The molecule has 0 aromatic carbocycles. The molecule has 2 aliphatic heterocycles. The first-order valence-electron chi connectivity index (χ1n) is 9.46. The summed E-state index contributed by atoms with van der Waals surface area (Å²) in [7, 11) is 3.54. The third-order valence-electron chi connectivity index (χ3n) is 5.27. The molecule has 7 nitrogen and oxygen atoms in total. The van der Waals surface area contributed by atoms with Gasteiger partial charge in [-0.15, -0.1) is 0 Å². The summed E-state index contributed by atoms with van der Waals surface area (Å²) in [4.78, 5) is 17.1. The van der Waals surface area contributed by atoms with Gasteiger partial charge in [0.25, 0.3) is 0 Å². The van der Waals surface area contributed by atoms with Gasteiger partial charge in [0.05, 0.1) is 12.3 Å². The summed E-state index contributed by atoms with van der Waals surface area (Å²) < 4.78 is 6.81. The van der Waals surface area contributed by atoms with Crippen LogP contribution in [0, 0.1) is 5.92 Å². The third kappa shape index (κ3) is 4.95. The van der Waals surface area contributed by atoms with Crippen LogP contribution in [0.5, 0.6) is 0 Å². The minimum absolute atomic E-state index is 0.0116. The van der Waals surface area contributed by atoms with Crippen molar-refractivity contribution in [2.75, 3.05) is 51.8 Å². The lowest BCUT2D eigenvalue weighted by atomic mass is 10.1. The maximum atomic E-state index is 12.6. The molecule has 7 heteroatoms. The van der Waals surface area contributed by atoms with E-state index < -0.39 is 0 Å². The van der Waals surface area contributed by atoms with Gasteiger partial charge in [0.15, 0.2) is 0 Å². The molecule has 1 aromatic heterocycles. The summed E-state index contributed by atoms with van der Waals surface area (Å²) in [6.07, 6.45) is 5.87. The molecule has 2 amide bonds. The first-order valence-corrected chi connectivity index (χ1v) is 9.46. The molecule has 1 N–H and O–H groups in total. The van der Waals surface area contributed by atoms with Crippen molar-refractivity contribution in [3.63, 3.8) is 0 Å². The Balaban J connectivity index is 1.48. The number of nitrogens with one attached hydrogen (secondary N) is 1. The molecule has 2 aliphatic rings. The average molecular weight is 349 g/mol. The number of carbonyl (C=O) groups is 1. The van der Waals surface area contributed by atoms with E-state index in [0.29, 0.717) is 12.5 Å². The SMILES string of the molecule is COCCc1cc(NC(=O)N2CC[C@@H](CN3CCCCC3)C2)n(C)n1. The fraction of sp³-hybridized carbons (Fsp3) is 0.778. The number of rotatable bonds is 6. The number of hydrogen-bond donors (Lipinski definition) is 1. The predicted molar refractivity (Wildman–Crippen MR) is 97.8 cm³/mol. The lowest BCUT2D eigenvalue weighted by Crippen LogP contribution is -2.37. The molecule has 0 radical (unpaired) electrons. The van der Waals surface area contributed by atoms with Crippen molar-refractivity contribution < 1.29 is 9.53 Å². The fourth-order valence-corrected chi connectivity index (χ4v) is 3.83. The van der Waals surface area contributed by atoms with Gasteiger partial charge in [-0.25, -0.2) is 4.79 Å². The van der Waals surface area contributed by atoms with Gasteiger partial charge in [-0.05, 0) is 38.3 Å². The number of anilines is 1. The van der Waals surface area contributed by atoms with E-state index in [1.54, 1.807) is 11.8 Å². The second kappa shape index (κ2) is 8.67. The Labute approximate surface area is 150 Å². The molecule has 25 heavy (non-hydrogen) atoms. The lowest BCUT2D eigenvalue weighted by molar-refractivity contribution is 0.192. The number of nitrogens with zero attached hydrogens (tertiary/aromatic N) is 4. The molecule has 0 spiro atoms. The number of aromatic nitrogens is 2. The van der Waals surface area contributed by atoms with Crippen LogP contribution >= 0.6 is 0 Å². The largest absolute Gasteiger partial charge is 0.384 e. The van der Waals surface area contributed by atoms with Crippen LogP contribution in [0.3, 0.4) is 0 Å². The minimum atomic E-state index is -0.0116. The highest BCUT2D eigenvalue weighted by molar-refractivity contribution is 5.88. The van der Waals surface area contributed by atoms with Gasteiger partial charge in [-0.2, -0.15) is 5.10 Å². The Kier molecular flexibility index (Phi) is 6.31. The summed E-state index contributed by atoms with van der Waals surface area (Å²) in [6.45, 7) is 5.92. The summed E-state index contributed by atoms with van der Waals surface area (Å²) >= 11 is 0. The van der Waals surface area contributed by atoms with Crippen LogP contribution in [0.25, 0.3) is 0 Å². The van der Waals surface area contributed by atoms with Crippen molar-refractivity contribution in [2.24, 2.45) is 13.0 Å². The summed E-state index contributed by atoms with van der Waals surface area (Å²) in [5.41, 5.74) is 0.934. The third-order valence-corrected chi connectivity index (χ3v) is 5.27. The van der Waals surface area contributed by atoms with Crippen LogP contribution in [0.1, 0.15) is 31.4 Å². The number of carbonyl (C=O) groups excluding carboxylic acids is 1. The highest BCUT2D eigenvalue weighted by atomic mass is 16.5. The number of methoxy groups -OCH3 is 1. The van der Waals surface area contributed by atoms with Crippen LogP contribution in [-0.2, 0) is 18.2 Å². The number of likely N-dealkylation sites (tertiary alicyclic amines) is 2. The molecule has 3 rings (SSSR count). The quantitative estimate of drug-likeness (QED) is 0.853. The molecule has 0 unspecified atom stereocenters. The molecule has 1 atom stereocenters. The van der Waals surface area contributed by atoms with Crippen molar-refractivity contribution in [1.29, 1.82) is 0 Å². The van der Waals surface area contributed by atoms with E-state index in [4.69, 9.17) is 4.74 Å². The van der Waals surface area contributed by atoms with Gasteiger partial charge in [0, 0.05) is 46.3 Å². The molecule has 0 aliphatic carbocycles. The Morgan fingerprint density at radius 1 is 1.32 bits per heavy atom. The second-order valence-electron chi connectivity index (χ2n) is 7.28. The van der Waals surface area contributed by atoms with Crippen LogP contribution in [0.15, 0.2) is 6.07 Å². The van der Waals surface area contributed by atoms with Crippen molar-refractivity contribution in [2.45, 2.75) is 32.1 Å². The number of aryl methyl sites for hydroxylation is 1. The van der Waals surface area contributed by atoms with E-state index in [2.05, 4.69) is 15.3 Å². The Bertz CT molecular complexity index is 568. The van der Waals surface area contributed by atoms with Crippen LogP contribution < -0.4 is 5.32 Å².